The minimum absolute atomic E-state index is 0.278. The Morgan fingerprint density at radius 2 is 1.75 bits per heavy atom. The molecule has 1 saturated carbocycles. The molecule has 2 aliphatic heterocycles. The second-order valence-electron chi connectivity index (χ2n) is 6.62. The molecule has 3 aliphatic rings. The van der Waals surface area contributed by atoms with Gasteiger partial charge in [0.1, 0.15) is 0 Å². The van der Waals surface area contributed by atoms with Gasteiger partial charge >= 0.3 is 0 Å². The minimum Gasteiger partial charge on any atom is -0.378 e. The maximum absolute atomic E-state index is 6.15. The summed E-state index contributed by atoms with van der Waals surface area (Å²) in [5.74, 6) is 1.34. The van der Waals surface area contributed by atoms with Gasteiger partial charge in [-0.1, -0.05) is 43.5 Å². The zero-order chi connectivity index (χ0) is 13.4. The van der Waals surface area contributed by atoms with Gasteiger partial charge in [0.25, 0.3) is 0 Å². The van der Waals surface area contributed by atoms with Crippen molar-refractivity contribution in [2.75, 3.05) is 6.61 Å². The average molecular weight is 272 g/mol. The first-order valence-electron chi connectivity index (χ1n) is 8.24. The van der Waals surface area contributed by atoms with Crippen LogP contribution in [0.3, 0.4) is 0 Å². The summed E-state index contributed by atoms with van der Waals surface area (Å²) in [7, 11) is 0. The van der Waals surface area contributed by atoms with Gasteiger partial charge < -0.3 is 9.47 Å². The molecule has 1 aromatic rings. The van der Waals surface area contributed by atoms with Gasteiger partial charge in [0.15, 0.2) is 0 Å². The minimum atomic E-state index is 0.278. The summed E-state index contributed by atoms with van der Waals surface area (Å²) in [6, 6.07) is 8.73. The molecule has 3 atom stereocenters. The van der Waals surface area contributed by atoms with E-state index in [1.54, 1.807) is 0 Å². The largest absolute Gasteiger partial charge is 0.378 e. The van der Waals surface area contributed by atoms with E-state index in [1.807, 2.05) is 0 Å². The molecule has 0 bridgehead atoms. The quantitative estimate of drug-likeness (QED) is 0.801. The van der Waals surface area contributed by atoms with Crippen molar-refractivity contribution in [3.63, 3.8) is 0 Å². The lowest BCUT2D eigenvalue weighted by Gasteiger charge is -2.33. The Morgan fingerprint density at radius 1 is 0.900 bits per heavy atom. The highest BCUT2D eigenvalue weighted by Crippen LogP contribution is 2.46. The average Bonchev–Trinajstić information content (AvgIpc) is 3.14. The van der Waals surface area contributed by atoms with E-state index in [2.05, 4.69) is 24.3 Å². The highest BCUT2D eigenvalue weighted by atomic mass is 16.5. The van der Waals surface area contributed by atoms with Crippen LogP contribution in [0.15, 0.2) is 24.3 Å². The molecule has 20 heavy (non-hydrogen) atoms. The molecule has 4 rings (SSSR count). The van der Waals surface area contributed by atoms with E-state index in [1.165, 1.54) is 49.7 Å². The van der Waals surface area contributed by atoms with Crippen LogP contribution < -0.4 is 0 Å². The summed E-state index contributed by atoms with van der Waals surface area (Å²) in [6.07, 6.45) is 8.78. The first kappa shape index (κ1) is 12.8. The van der Waals surface area contributed by atoms with Gasteiger partial charge in [-0.15, -0.1) is 0 Å². The number of hydrogen-bond acceptors (Lipinski definition) is 2. The van der Waals surface area contributed by atoms with Crippen LogP contribution in [0.4, 0.5) is 0 Å². The van der Waals surface area contributed by atoms with Crippen LogP contribution in [0.2, 0.25) is 0 Å². The van der Waals surface area contributed by atoms with Gasteiger partial charge in [0, 0.05) is 12.5 Å². The van der Waals surface area contributed by atoms with Crippen molar-refractivity contribution in [3.05, 3.63) is 35.4 Å². The van der Waals surface area contributed by atoms with E-state index in [9.17, 15) is 0 Å². The maximum Gasteiger partial charge on any atom is 0.0886 e. The molecule has 2 heterocycles. The smallest absolute Gasteiger partial charge is 0.0886 e. The van der Waals surface area contributed by atoms with Gasteiger partial charge in [-0.05, 0) is 36.3 Å². The van der Waals surface area contributed by atoms with Crippen molar-refractivity contribution in [2.24, 2.45) is 11.8 Å². The Kier molecular flexibility index (Phi) is 3.53. The van der Waals surface area contributed by atoms with E-state index >= 15 is 0 Å². The molecule has 2 nitrogen and oxygen atoms in total. The van der Waals surface area contributed by atoms with Crippen molar-refractivity contribution in [3.8, 4) is 0 Å². The van der Waals surface area contributed by atoms with Crippen molar-refractivity contribution in [2.45, 2.75) is 57.3 Å². The summed E-state index contributed by atoms with van der Waals surface area (Å²) >= 11 is 0. The number of hydrogen-bond donors (Lipinski definition) is 0. The van der Waals surface area contributed by atoms with Crippen LogP contribution in [0.1, 0.15) is 55.8 Å². The Morgan fingerprint density at radius 3 is 2.65 bits per heavy atom. The fourth-order valence-electron chi connectivity index (χ4n) is 4.47. The first-order chi connectivity index (χ1) is 9.93. The third-order valence-electron chi connectivity index (χ3n) is 5.47. The molecule has 0 spiro atoms. The van der Waals surface area contributed by atoms with Gasteiger partial charge in [0.2, 0.25) is 0 Å². The van der Waals surface area contributed by atoms with E-state index in [0.29, 0.717) is 12.0 Å². The molecule has 0 aromatic heterocycles. The van der Waals surface area contributed by atoms with Crippen molar-refractivity contribution in [1.29, 1.82) is 0 Å². The number of ether oxygens (including phenoxy) is 2. The van der Waals surface area contributed by atoms with E-state index in [0.717, 1.165) is 19.1 Å². The predicted molar refractivity (Wildman–Crippen MR) is 78.4 cm³/mol. The van der Waals surface area contributed by atoms with Crippen LogP contribution in [0.25, 0.3) is 0 Å². The molecular formula is C18H24O2. The number of benzene rings is 1. The second kappa shape index (κ2) is 5.50. The lowest BCUT2D eigenvalue weighted by molar-refractivity contribution is -0.0379. The maximum atomic E-state index is 6.15. The van der Waals surface area contributed by atoms with Crippen molar-refractivity contribution >= 4 is 0 Å². The normalized spacial score (nSPS) is 34.3. The molecule has 1 aromatic carbocycles. The summed E-state index contributed by atoms with van der Waals surface area (Å²) in [6.45, 7) is 1.71. The van der Waals surface area contributed by atoms with Crippen LogP contribution in [0, 0.1) is 11.8 Å². The Balaban J connectivity index is 1.55. The second-order valence-corrected chi connectivity index (χ2v) is 6.62. The number of rotatable bonds is 2. The van der Waals surface area contributed by atoms with Crippen LogP contribution >= 0.6 is 0 Å². The Bertz CT molecular complexity index is 464. The summed E-state index contributed by atoms with van der Waals surface area (Å²) < 4.78 is 12.3. The molecule has 2 heteroatoms. The van der Waals surface area contributed by atoms with Crippen LogP contribution in [-0.4, -0.2) is 12.7 Å². The summed E-state index contributed by atoms with van der Waals surface area (Å²) in [5.41, 5.74) is 2.80. The fourth-order valence-corrected chi connectivity index (χ4v) is 4.47. The summed E-state index contributed by atoms with van der Waals surface area (Å²) in [5, 5.41) is 0. The highest BCUT2D eigenvalue weighted by molar-refractivity contribution is 5.32. The van der Waals surface area contributed by atoms with E-state index in [-0.39, 0.29) is 6.10 Å². The van der Waals surface area contributed by atoms with Crippen molar-refractivity contribution < 1.29 is 9.47 Å². The molecule has 108 valence electrons. The lowest BCUT2D eigenvalue weighted by Crippen LogP contribution is -2.31. The predicted octanol–water partition coefficient (Wildman–Crippen LogP) is 4.24. The van der Waals surface area contributed by atoms with Gasteiger partial charge in [-0.3, -0.25) is 0 Å². The third-order valence-corrected chi connectivity index (χ3v) is 5.47. The Hall–Kier alpha value is -0.860. The first-order valence-corrected chi connectivity index (χ1v) is 8.24. The molecule has 0 unspecified atom stereocenters. The molecule has 1 saturated heterocycles. The highest BCUT2D eigenvalue weighted by Gasteiger charge is 2.42. The van der Waals surface area contributed by atoms with Crippen molar-refractivity contribution in [1.82, 2.24) is 0 Å². The monoisotopic (exact) mass is 272 g/mol. The van der Waals surface area contributed by atoms with Gasteiger partial charge in [0.05, 0.1) is 18.8 Å². The lowest BCUT2D eigenvalue weighted by atomic mass is 9.77. The van der Waals surface area contributed by atoms with E-state index in [4.69, 9.17) is 9.47 Å². The zero-order valence-electron chi connectivity index (χ0n) is 12.1. The van der Waals surface area contributed by atoms with Crippen LogP contribution in [-0.2, 0) is 16.1 Å². The van der Waals surface area contributed by atoms with Gasteiger partial charge in [-0.25, -0.2) is 0 Å². The van der Waals surface area contributed by atoms with E-state index < -0.39 is 0 Å². The SMILES string of the molecule is c1ccc2c(c1)CO[C@H]2[C@H]1CCO[C@@H]1C1CCCCC1. The molecule has 2 fully saturated rings. The molecular weight excluding hydrogens is 248 g/mol. The Labute approximate surface area is 121 Å². The number of fused-ring (bicyclic) bond motifs is 1. The molecule has 1 aliphatic carbocycles. The molecule has 0 N–H and O–H groups in total. The standard InChI is InChI=1S/C18H24O2/c1-2-6-13(7-3-1)17-16(10-11-19-17)18-15-9-5-4-8-14(15)12-20-18/h4-5,8-9,13,16-18H,1-3,6-7,10-12H2/t16-,17+,18+/m0/s1. The third kappa shape index (κ3) is 2.19. The topological polar surface area (TPSA) is 18.5 Å². The van der Waals surface area contributed by atoms with Crippen LogP contribution in [0.5, 0.6) is 0 Å². The molecule has 0 radical (unpaired) electrons. The molecule has 0 amide bonds. The van der Waals surface area contributed by atoms with Gasteiger partial charge in [-0.2, -0.15) is 0 Å². The summed E-state index contributed by atoms with van der Waals surface area (Å²) in [4.78, 5) is 0. The zero-order valence-corrected chi connectivity index (χ0v) is 12.1. The fraction of sp³-hybridized carbons (Fsp3) is 0.667.